The van der Waals surface area contributed by atoms with Gasteiger partial charge in [-0.25, -0.2) is 9.97 Å². The quantitative estimate of drug-likeness (QED) is 0.499. The summed E-state index contributed by atoms with van der Waals surface area (Å²) in [6, 6.07) is 10.4. The van der Waals surface area contributed by atoms with Crippen LogP contribution >= 0.6 is 11.8 Å². The Morgan fingerprint density at radius 3 is 2.70 bits per heavy atom. The number of aryl methyl sites for hydroxylation is 1. The molecule has 30 heavy (non-hydrogen) atoms. The molecule has 2 aliphatic rings. The van der Waals surface area contributed by atoms with Crippen molar-refractivity contribution in [3.63, 3.8) is 0 Å². The number of anilines is 1. The summed E-state index contributed by atoms with van der Waals surface area (Å²) in [5.41, 5.74) is 2.95. The normalized spacial score (nSPS) is 17.2. The Labute approximate surface area is 183 Å². The molecule has 7 heteroatoms. The van der Waals surface area contributed by atoms with E-state index in [1.165, 1.54) is 19.6 Å². The second kappa shape index (κ2) is 9.79. The van der Waals surface area contributed by atoms with E-state index in [9.17, 15) is 4.79 Å². The molecule has 0 radical (unpaired) electrons. The van der Waals surface area contributed by atoms with Crippen molar-refractivity contribution in [1.82, 2.24) is 15.3 Å². The largest absolute Gasteiger partial charge is 0.349 e. The molecule has 1 aliphatic heterocycles. The summed E-state index contributed by atoms with van der Waals surface area (Å²) < 4.78 is 0. The van der Waals surface area contributed by atoms with Gasteiger partial charge in [0.15, 0.2) is 5.16 Å². The lowest BCUT2D eigenvalue weighted by Crippen LogP contribution is -3.14. The fourth-order valence-corrected chi connectivity index (χ4v) is 4.53. The van der Waals surface area contributed by atoms with Crippen LogP contribution in [0.1, 0.15) is 48.3 Å². The van der Waals surface area contributed by atoms with Gasteiger partial charge >= 0.3 is 0 Å². The van der Waals surface area contributed by atoms with E-state index >= 15 is 0 Å². The Hall–Kier alpha value is -2.12. The first-order chi connectivity index (χ1) is 14.6. The third-order valence-corrected chi connectivity index (χ3v) is 6.79. The highest BCUT2D eigenvalue weighted by atomic mass is 32.2. The highest BCUT2D eigenvalue weighted by Crippen LogP contribution is 2.24. The number of hydrogen-bond donors (Lipinski definition) is 2. The van der Waals surface area contributed by atoms with Gasteiger partial charge in [0.05, 0.1) is 32.7 Å². The molecular formula is C23H32N5OS+. The molecule has 2 N–H and O–H groups in total. The molecule has 4 rings (SSSR count). The van der Waals surface area contributed by atoms with E-state index in [0.717, 1.165) is 65.9 Å². The third-order valence-electron chi connectivity index (χ3n) is 5.87. The number of likely N-dealkylation sites (N-methyl/N-ethyl adjacent to an activating group) is 1. The minimum absolute atomic E-state index is 0.0317. The fraction of sp³-hybridized carbons (Fsp3) is 0.522. The van der Waals surface area contributed by atoms with E-state index in [0.29, 0.717) is 6.04 Å². The number of carbonyl (C=O) groups excluding carboxylic acids is 1. The van der Waals surface area contributed by atoms with Gasteiger partial charge in [-0.2, -0.15) is 0 Å². The average molecular weight is 427 g/mol. The van der Waals surface area contributed by atoms with Crippen molar-refractivity contribution in [3.05, 3.63) is 47.2 Å². The Balaban J connectivity index is 1.42. The van der Waals surface area contributed by atoms with Crippen LogP contribution in [-0.2, 0) is 12.2 Å². The van der Waals surface area contributed by atoms with Crippen LogP contribution in [0.5, 0.6) is 0 Å². The summed E-state index contributed by atoms with van der Waals surface area (Å²) in [5, 5.41) is 3.88. The maximum atomic E-state index is 12.3. The van der Waals surface area contributed by atoms with Gasteiger partial charge in [0.2, 0.25) is 0 Å². The lowest BCUT2D eigenvalue weighted by atomic mass is 10.1. The summed E-state index contributed by atoms with van der Waals surface area (Å²) in [7, 11) is 0. The first-order valence-corrected chi connectivity index (χ1v) is 12.1. The SMILES string of the molecule is CCc1cc(N2CC[NH+](CC)CC2)nc(SCc2cccc(C(=O)NC3CC3)c2)n1. The lowest BCUT2D eigenvalue weighted by Gasteiger charge is -2.32. The third kappa shape index (κ3) is 5.52. The van der Waals surface area contributed by atoms with Crippen molar-refractivity contribution in [1.29, 1.82) is 0 Å². The van der Waals surface area contributed by atoms with Crippen LogP contribution in [0.2, 0.25) is 0 Å². The molecule has 1 aromatic heterocycles. The Morgan fingerprint density at radius 1 is 1.20 bits per heavy atom. The Morgan fingerprint density at radius 2 is 2.00 bits per heavy atom. The number of nitrogens with one attached hydrogen (secondary N) is 2. The van der Waals surface area contributed by atoms with Gasteiger partial charge in [0.25, 0.3) is 5.91 Å². The molecule has 1 saturated heterocycles. The summed E-state index contributed by atoms with van der Waals surface area (Å²) >= 11 is 1.65. The van der Waals surface area contributed by atoms with E-state index in [4.69, 9.17) is 9.97 Å². The van der Waals surface area contributed by atoms with Crippen LogP contribution in [0.25, 0.3) is 0 Å². The number of aromatic nitrogens is 2. The number of rotatable bonds is 8. The van der Waals surface area contributed by atoms with E-state index in [1.54, 1.807) is 16.7 Å². The second-order valence-corrected chi connectivity index (χ2v) is 9.12. The second-order valence-electron chi connectivity index (χ2n) is 8.18. The molecule has 0 atom stereocenters. The maximum absolute atomic E-state index is 12.3. The van der Waals surface area contributed by atoms with Crippen LogP contribution < -0.4 is 15.1 Å². The van der Waals surface area contributed by atoms with Gasteiger partial charge in [-0.15, -0.1) is 0 Å². The number of piperazine rings is 1. The Bertz CT molecular complexity index is 878. The van der Waals surface area contributed by atoms with Crippen molar-refractivity contribution >= 4 is 23.5 Å². The van der Waals surface area contributed by atoms with Crippen LogP contribution in [0, 0.1) is 0 Å². The molecule has 0 spiro atoms. The van der Waals surface area contributed by atoms with Crippen LogP contribution in [0.4, 0.5) is 5.82 Å². The average Bonchev–Trinajstić information content (AvgIpc) is 3.61. The van der Waals surface area contributed by atoms with Crippen LogP contribution in [0.15, 0.2) is 35.5 Å². The van der Waals surface area contributed by atoms with Crippen LogP contribution in [0.3, 0.4) is 0 Å². The van der Waals surface area contributed by atoms with Gasteiger partial charge < -0.3 is 15.1 Å². The molecule has 0 unspecified atom stereocenters. The summed E-state index contributed by atoms with van der Waals surface area (Å²) in [5.74, 6) is 1.84. The highest BCUT2D eigenvalue weighted by Gasteiger charge is 2.24. The summed E-state index contributed by atoms with van der Waals surface area (Å²) in [6.45, 7) is 10.0. The first kappa shape index (κ1) is 21.1. The summed E-state index contributed by atoms with van der Waals surface area (Å²) in [4.78, 5) is 26.0. The predicted octanol–water partition coefficient (Wildman–Crippen LogP) is 1.95. The molecule has 160 valence electrons. The van der Waals surface area contributed by atoms with Crippen molar-refractivity contribution < 1.29 is 9.69 Å². The van der Waals surface area contributed by atoms with Crippen molar-refractivity contribution in [2.45, 2.75) is 50.1 Å². The van der Waals surface area contributed by atoms with Gasteiger partial charge in [-0.1, -0.05) is 30.8 Å². The molecule has 0 bridgehead atoms. The molecule has 6 nitrogen and oxygen atoms in total. The Kier molecular flexibility index (Phi) is 6.89. The van der Waals surface area contributed by atoms with Gasteiger partial charge in [-0.05, 0) is 43.9 Å². The number of amides is 1. The zero-order chi connectivity index (χ0) is 20.9. The predicted molar refractivity (Wildman–Crippen MR) is 121 cm³/mol. The molecule has 1 aromatic carbocycles. The number of benzene rings is 1. The summed E-state index contributed by atoms with van der Waals surface area (Å²) in [6.07, 6.45) is 3.10. The fourth-order valence-electron chi connectivity index (χ4n) is 3.72. The highest BCUT2D eigenvalue weighted by molar-refractivity contribution is 7.98. The number of hydrogen-bond acceptors (Lipinski definition) is 5. The van der Waals surface area contributed by atoms with Gasteiger partial charge in [0.1, 0.15) is 5.82 Å². The van der Waals surface area contributed by atoms with Gasteiger partial charge in [-0.3, -0.25) is 4.79 Å². The number of nitrogens with zero attached hydrogens (tertiary/aromatic N) is 3. The van der Waals surface area contributed by atoms with Gasteiger partial charge in [0, 0.05) is 29.1 Å². The number of carbonyl (C=O) groups is 1. The molecular weight excluding hydrogens is 394 g/mol. The maximum Gasteiger partial charge on any atom is 0.251 e. The zero-order valence-corrected chi connectivity index (χ0v) is 18.8. The first-order valence-electron chi connectivity index (χ1n) is 11.1. The minimum Gasteiger partial charge on any atom is -0.349 e. The van der Waals surface area contributed by atoms with Crippen LogP contribution in [-0.4, -0.2) is 54.6 Å². The smallest absolute Gasteiger partial charge is 0.251 e. The van der Waals surface area contributed by atoms with E-state index in [2.05, 4.69) is 36.2 Å². The zero-order valence-electron chi connectivity index (χ0n) is 18.0. The van der Waals surface area contributed by atoms with Crippen molar-refractivity contribution in [2.24, 2.45) is 0 Å². The van der Waals surface area contributed by atoms with Crippen molar-refractivity contribution in [2.75, 3.05) is 37.6 Å². The molecule has 1 aliphatic carbocycles. The van der Waals surface area contributed by atoms with E-state index < -0.39 is 0 Å². The lowest BCUT2D eigenvalue weighted by molar-refractivity contribution is -0.898. The standard InChI is InChI=1S/C23H31N5OS/c1-3-19-15-21(28-12-10-27(4-2)11-13-28)26-23(25-19)30-16-17-6-5-7-18(14-17)22(29)24-20-8-9-20/h5-7,14-15,20H,3-4,8-13,16H2,1-2H3,(H,24,29)/p+1. The van der Waals surface area contributed by atoms with E-state index in [-0.39, 0.29) is 5.91 Å². The number of quaternary nitrogens is 1. The molecule has 1 amide bonds. The van der Waals surface area contributed by atoms with Crippen molar-refractivity contribution in [3.8, 4) is 0 Å². The minimum atomic E-state index is 0.0317. The monoisotopic (exact) mass is 426 g/mol. The topological polar surface area (TPSA) is 62.6 Å². The molecule has 2 aromatic rings. The molecule has 2 heterocycles. The number of thioether (sulfide) groups is 1. The molecule has 1 saturated carbocycles. The van der Waals surface area contributed by atoms with E-state index in [1.807, 2.05) is 18.2 Å². The molecule has 2 fully saturated rings.